The second-order valence-corrected chi connectivity index (χ2v) is 6.03. The van der Waals surface area contributed by atoms with Gasteiger partial charge in [0.1, 0.15) is 5.75 Å². The van der Waals surface area contributed by atoms with Crippen LogP contribution < -0.4 is 4.74 Å². The summed E-state index contributed by atoms with van der Waals surface area (Å²) in [5.74, 6) is -0.277. The van der Waals surface area contributed by atoms with E-state index < -0.39 is 6.36 Å². The Bertz CT molecular complexity index is 670. The quantitative estimate of drug-likeness (QED) is 0.503. The fraction of sp³-hybridized carbons (Fsp3) is 0.294. The summed E-state index contributed by atoms with van der Waals surface area (Å²) in [7, 11) is 2.09. The van der Waals surface area contributed by atoms with Crippen molar-refractivity contribution in [1.29, 1.82) is 0 Å². The lowest BCUT2D eigenvalue weighted by Crippen LogP contribution is -2.17. The lowest BCUT2D eigenvalue weighted by molar-refractivity contribution is -0.274. The molecule has 1 unspecified atom stereocenters. The predicted octanol–water partition coefficient (Wildman–Crippen LogP) is 5.30. The van der Waals surface area contributed by atoms with Crippen LogP contribution in [0.25, 0.3) is 5.70 Å². The third-order valence-electron chi connectivity index (χ3n) is 2.81. The second-order valence-electron chi connectivity index (χ2n) is 5.06. The van der Waals surface area contributed by atoms with E-state index >= 15 is 0 Å². The topological polar surface area (TPSA) is 34.0 Å². The zero-order valence-corrected chi connectivity index (χ0v) is 15.0. The predicted molar refractivity (Wildman–Crippen MR) is 96.6 cm³/mol. The average Bonchev–Trinajstić information content (AvgIpc) is 2.49. The van der Waals surface area contributed by atoms with E-state index in [4.69, 9.17) is 0 Å². The van der Waals surface area contributed by atoms with Gasteiger partial charge < -0.3 is 4.74 Å². The molecule has 0 fully saturated rings. The molecule has 0 aromatic heterocycles. The van der Waals surface area contributed by atoms with Crippen LogP contribution in [0.4, 0.5) is 13.2 Å². The van der Waals surface area contributed by atoms with Gasteiger partial charge in [-0.1, -0.05) is 20.7 Å². The second kappa shape index (κ2) is 8.78. The Morgan fingerprint density at radius 2 is 1.79 bits per heavy atom. The van der Waals surface area contributed by atoms with Gasteiger partial charge in [-0.2, -0.15) is 0 Å². The maximum atomic E-state index is 12.2. The molecule has 1 atom stereocenters. The summed E-state index contributed by atoms with van der Waals surface area (Å²) in [5, 5.41) is 0. The van der Waals surface area contributed by atoms with Gasteiger partial charge in [-0.15, -0.1) is 13.2 Å². The van der Waals surface area contributed by atoms with Crippen LogP contribution in [0.1, 0.15) is 19.4 Å². The molecule has 24 heavy (non-hydrogen) atoms. The van der Waals surface area contributed by atoms with Crippen LogP contribution in [0.5, 0.6) is 5.75 Å². The Morgan fingerprint density at radius 3 is 2.21 bits per heavy atom. The highest BCUT2D eigenvalue weighted by Crippen LogP contribution is 2.25. The molecule has 0 bridgehead atoms. The van der Waals surface area contributed by atoms with Gasteiger partial charge in [-0.05, 0) is 56.4 Å². The van der Waals surface area contributed by atoms with Crippen molar-refractivity contribution in [2.24, 2.45) is 9.98 Å². The molecule has 0 heterocycles. The Morgan fingerprint density at radius 1 is 1.21 bits per heavy atom. The number of hydrogen-bond donors (Lipinski definition) is 0. The molecule has 0 spiro atoms. The summed E-state index contributed by atoms with van der Waals surface area (Å²) in [6.07, 6.45) is -2.77. The molecule has 130 valence electrons. The van der Waals surface area contributed by atoms with E-state index in [9.17, 15) is 13.2 Å². The summed E-state index contributed by atoms with van der Waals surface area (Å²) in [5.41, 5.74) is 3.74. The zero-order chi connectivity index (χ0) is 18.3. The highest BCUT2D eigenvalue weighted by Gasteiger charge is 2.30. The number of aliphatic imine (C=N–C) groups is 2. The number of benzene rings is 1. The molecule has 0 saturated carbocycles. The van der Waals surface area contributed by atoms with Gasteiger partial charge >= 0.3 is 6.36 Å². The molecule has 1 aromatic rings. The molecule has 1 rings (SSSR count). The van der Waals surface area contributed by atoms with Crippen molar-refractivity contribution in [1.82, 2.24) is 0 Å². The normalized spacial score (nSPS) is 13.3. The molecule has 3 nitrogen and oxygen atoms in total. The summed E-state index contributed by atoms with van der Waals surface area (Å²) in [6.45, 7) is 9.81. The first-order valence-electron chi connectivity index (χ1n) is 7.10. The summed E-state index contributed by atoms with van der Waals surface area (Å²) in [4.78, 5) is 8.72. The maximum Gasteiger partial charge on any atom is 0.573 e. The van der Waals surface area contributed by atoms with Crippen LogP contribution in [0.15, 0.2) is 52.5 Å². The van der Waals surface area contributed by atoms with Gasteiger partial charge in [0.05, 0.1) is 16.9 Å². The minimum Gasteiger partial charge on any atom is -0.406 e. The standard InChI is InChI=1S/C17H20F3N2OP/c1-11(2)10-15(21-4)16(24-5)22-12(3)13-6-8-14(9-7-13)23-17(18,19)20/h6-10,24H,3H2,1-2,4-5H3. The summed E-state index contributed by atoms with van der Waals surface area (Å²) in [6, 6.07) is 5.46. The van der Waals surface area contributed by atoms with E-state index in [2.05, 4.69) is 21.3 Å². The number of ether oxygens (including phenoxy) is 1. The monoisotopic (exact) mass is 356 g/mol. The number of allylic oxidation sites excluding steroid dienone is 2. The number of rotatable bonds is 6. The lowest BCUT2D eigenvalue weighted by Gasteiger charge is -2.10. The molecule has 7 heteroatoms. The highest BCUT2D eigenvalue weighted by atomic mass is 31.1. The fourth-order valence-corrected chi connectivity index (χ4v) is 2.49. The van der Waals surface area contributed by atoms with E-state index in [1.807, 2.05) is 26.6 Å². The third-order valence-corrected chi connectivity index (χ3v) is 3.66. The molecule has 0 aliphatic carbocycles. The Labute approximate surface area is 141 Å². The zero-order valence-electron chi connectivity index (χ0n) is 14.0. The van der Waals surface area contributed by atoms with Gasteiger partial charge in [-0.3, -0.25) is 4.99 Å². The minimum absolute atomic E-state index is 0.277. The van der Waals surface area contributed by atoms with E-state index in [1.54, 1.807) is 7.05 Å². The molecule has 0 aliphatic rings. The summed E-state index contributed by atoms with van der Waals surface area (Å²) >= 11 is 0. The number of halogens is 3. The third kappa shape index (κ3) is 6.67. The number of hydrogen-bond acceptors (Lipinski definition) is 3. The van der Waals surface area contributed by atoms with Crippen LogP contribution >= 0.6 is 8.58 Å². The molecule has 0 radical (unpaired) electrons. The van der Waals surface area contributed by atoms with Gasteiger partial charge in [-0.25, -0.2) is 4.99 Å². The van der Waals surface area contributed by atoms with Gasteiger partial charge in [0.2, 0.25) is 0 Å². The average molecular weight is 356 g/mol. The van der Waals surface area contributed by atoms with Crippen LogP contribution in [-0.4, -0.2) is 31.2 Å². The smallest absolute Gasteiger partial charge is 0.406 e. The van der Waals surface area contributed by atoms with Crippen molar-refractivity contribution in [2.75, 3.05) is 13.7 Å². The van der Waals surface area contributed by atoms with E-state index in [1.165, 1.54) is 24.3 Å². The first-order chi connectivity index (χ1) is 11.2. The summed E-state index contributed by atoms with van der Waals surface area (Å²) < 4.78 is 40.4. The Hall–Kier alpha value is -1.94. The van der Waals surface area contributed by atoms with Gasteiger partial charge in [0.25, 0.3) is 0 Å². The van der Waals surface area contributed by atoms with Crippen molar-refractivity contribution in [3.63, 3.8) is 0 Å². The lowest BCUT2D eigenvalue weighted by atomic mass is 10.1. The molecule has 0 amide bonds. The number of nitrogens with zero attached hydrogens (tertiary/aromatic N) is 2. The van der Waals surface area contributed by atoms with Crippen LogP contribution in [0.3, 0.4) is 0 Å². The number of alkyl halides is 3. The Balaban J connectivity index is 3.02. The molecule has 0 saturated heterocycles. The molecule has 0 N–H and O–H groups in total. The first kappa shape index (κ1) is 20.1. The molecule has 0 aliphatic heterocycles. The van der Waals surface area contributed by atoms with Crippen molar-refractivity contribution < 1.29 is 17.9 Å². The van der Waals surface area contributed by atoms with Crippen molar-refractivity contribution in [3.8, 4) is 5.75 Å². The van der Waals surface area contributed by atoms with E-state index in [-0.39, 0.29) is 5.75 Å². The van der Waals surface area contributed by atoms with Gasteiger partial charge in [0, 0.05) is 7.05 Å². The van der Waals surface area contributed by atoms with Crippen LogP contribution in [0.2, 0.25) is 0 Å². The van der Waals surface area contributed by atoms with Crippen molar-refractivity contribution in [3.05, 3.63) is 48.1 Å². The van der Waals surface area contributed by atoms with Crippen molar-refractivity contribution >= 4 is 25.4 Å². The molecular weight excluding hydrogens is 336 g/mol. The van der Waals surface area contributed by atoms with Crippen LogP contribution in [-0.2, 0) is 0 Å². The van der Waals surface area contributed by atoms with Crippen LogP contribution in [0, 0.1) is 0 Å². The first-order valence-corrected chi connectivity index (χ1v) is 8.60. The Kier molecular flexibility index (Phi) is 7.36. The van der Waals surface area contributed by atoms with E-state index in [0.717, 1.165) is 16.7 Å². The van der Waals surface area contributed by atoms with E-state index in [0.29, 0.717) is 19.8 Å². The molecular formula is C17H20F3N2OP. The molecule has 1 aromatic carbocycles. The SMILES string of the molecule is C=C(N=C(PC)C(C=C(C)C)=NC)c1ccc(OC(F)(F)F)cc1. The van der Waals surface area contributed by atoms with Crippen molar-refractivity contribution in [2.45, 2.75) is 20.2 Å². The van der Waals surface area contributed by atoms with Gasteiger partial charge in [0.15, 0.2) is 0 Å². The maximum absolute atomic E-state index is 12.2. The fourth-order valence-electron chi connectivity index (χ4n) is 1.80. The highest BCUT2D eigenvalue weighted by molar-refractivity contribution is 7.61. The largest absolute Gasteiger partial charge is 0.573 e. The minimum atomic E-state index is -4.70.